The zero-order valence-electron chi connectivity index (χ0n) is 14.2. The number of anilines is 1. The Hall–Kier alpha value is -3.27. The van der Waals surface area contributed by atoms with Crippen LogP contribution < -0.4 is 16.4 Å². The maximum Gasteiger partial charge on any atom is 0.260 e. The van der Waals surface area contributed by atoms with Gasteiger partial charge in [-0.05, 0) is 23.8 Å². The van der Waals surface area contributed by atoms with E-state index < -0.39 is 17.9 Å². The minimum absolute atomic E-state index is 0.186. The Morgan fingerprint density at radius 1 is 1.37 bits per heavy atom. The van der Waals surface area contributed by atoms with Crippen LogP contribution in [0, 0.1) is 5.82 Å². The van der Waals surface area contributed by atoms with Crippen molar-refractivity contribution in [2.24, 2.45) is 5.73 Å². The first kappa shape index (κ1) is 18.5. The van der Waals surface area contributed by atoms with Gasteiger partial charge in [0.1, 0.15) is 16.7 Å². The first-order chi connectivity index (χ1) is 12.8. The molecule has 0 bridgehead atoms. The normalized spacial score (nSPS) is 11.9. The van der Waals surface area contributed by atoms with E-state index in [1.54, 1.807) is 12.3 Å². The SMILES string of the molecule is CC(=O)NC(Cc1c[nH]c2cc(F)ccc12)C(=O)Nc1ncc(C(N)=O)s1. The largest absolute Gasteiger partial charge is 0.365 e. The van der Waals surface area contributed by atoms with Gasteiger partial charge in [0.25, 0.3) is 5.91 Å². The van der Waals surface area contributed by atoms with Crippen molar-refractivity contribution in [3.05, 3.63) is 46.9 Å². The van der Waals surface area contributed by atoms with Crippen molar-refractivity contribution >= 4 is 45.1 Å². The second kappa shape index (κ2) is 7.54. The minimum atomic E-state index is -0.882. The molecule has 10 heteroatoms. The number of nitrogens with two attached hydrogens (primary N) is 1. The number of hydrogen-bond acceptors (Lipinski definition) is 5. The summed E-state index contributed by atoms with van der Waals surface area (Å²) in [5.41, 5.74) is 6.51. The van der Waals surface area contributed by atoms with Crippen molar-refractivity contribution in [1.29, 1.82) is 0 Å². The molecule has 0 fully saturated rings. The molecule has 5 N–H and O–H groups in total. The molecular formula is C17H16FN5O3S. The third kappa shape index (κ3) is 4.29. The molecular weight excluding hydrogens is 373 g/mol. The molecule has 0 aliphatic heterocycles. The topological polar surface area (TPSA) is 130 Å². The Morgan fingerprint density at radius 3 is 2.81 bits per heavy atom. The van der Waals surface area contributed by atoms with E-state index in [1.165, 1.54) is 25.3 Å². The second-order valence-electron chi connectivity index (χ2n) is 5.84. The van der Waals surface area contributed by atoms with Crippen molar-refractivity contribution in [2.75, 3.05) is 5.32 Å². The molecule has 0 aliphatic carbocycles. The molecule has 1 atom stereocenters. The Balaban J connectivity index is 1.80. The van der Waals surface area contributed by atoms with Gasteiger partial charge in [-0.15, -0.1) is 0 Å². The number of aromatic nitrogens is 2. The Morgan fingerprint density at radius 2 is 2.15 bits per heavy atom. The van der Waals surface area contributed by atoms with E-state index in [4.69, 9.17) is 5.73 Å². The average molecular weight is 389 g/mol. The van der Waals surface area contributed by atoms with Gasteiger partial charge in [-0.3, -0.25) is 14.4 Å². The van der Waals surface area contributed by atoms with Crippen LogP contribution in [0.1, 0.15) is 22.2 Å². The van der Waals surface area contributed by atoms with E-state index in [-0.39, 0.29) is 28.2 Å². The minimum Gasteiger partial charge on any atom is -0.365 e. The molecule has 2 heterocycles. The van der Waals surface area contributed by atoms with E-state index in [0.29, 0.717) is 5.52 Å². The molecule has 3 amide bonds. The number of primary amides is 1. The zero-order valence-corrected chi connectivity index (χ0v) is 15.0. The van der Waals surface area contributed by atoms with Gasteiger partial charge in [0.15, 0.2) is 5.13 Å². The number of carbonyl (C=O) groups is 3. The summed E-state index contributed by atoms with van der Waals surface area (Å²) in [6.07, 6.45) is 3.12. The van der Waals surface area contributed by atoms with Crippen LogP contribution in [0.4, 0.5) is 9.52 Å². The molecule has 0 saturated heterocycles. The third-order valence-corrected chi connectivity index (χ3v) is 4.75. The number of nitrogens with one attached hydrogen (secondary N) is 3. The molecule has 1 unspecified atom stereocenters. The van der Waals surface area contributed by atoms with Gasteiger partial charge in [-0.1, -0.05) is 11.3 Å². The highest BCUT2D eigenvalue weighted by Gasteiger charge is 2.23. The van der Waals surface area contributed by atoms with Crippen molar-refractivity contribution in [1.82, 2.24) is 15.3 Å². The lowest BCUT2D eigenvalue weighted by Crippen LogP contribution is -2.44. The lowest BCUT2D eigenvalue weighted by Gasteiger charge is -2.16. The van der Waals surface area contributed by atoms with Crippen LogP contribution in [0.25, 0.3) is 10.9 Å². The third-order valence-electron chi connectivity index (χ3n) is 3.83. The molecule has 140 valence electrons. The maximum absolute atomic E-state index is 13.3. The van der Waals surface area contributed by atoms with Crippen LogP contribution in [0.15, 0.2) is 30.6 Å². The van der Waals surface area contributed by atoms with Gasteiger partial charge < -0.3 is 21.4 Å². The Labute approximate surface area is 157 Å². The van der Waals surface area contributed by atoms with Crippen LogP contribution in [0.5, 0.6) is 0 Å². The highest BCUT2D eigenvalue weighted by Crippen LogP contribution is 2.22. The molecule has 2 aromatic heterocycles. The van der Waals surface area contributed by atoms with Crippen molar-refractivity contribution in [3.63, 3.8) is 0 Å². The molecule has 1 aromatic carbocycles. The van der Waals surface area contributed by atoms with Crippen LogP contribution in [-0.2, 0) is 16.0 Å². The fourth-order valence-electron chi connectivity index (χ4n) is 2.64. The van der Waals surface area contributed by atoms with Gasteiger partial charge in [-0.25, -0.2) is 9.37 Å². The number of H-pyrrole nitrogens is 1. The van der Waals surface area contributed by atoms with E-state index in [2.05, 4.69) is 20.6 Å². The highest BCUT2D eigenvalue weighted by molar-refractivity contribution is 7.17. The number of nitrogens with zero attached hydrogens (tertiary/aromatic N) is 1. The number of hydrogen-bond donors (Lipinski definition) is 4. The van der Waals surface area contributed by atoms with E-state index >= 15 is 0 Å². The monoisotopic (exact) mass is 389 g/mol. The number of thiazole rings is 1. The first-order valence-electron chi connectivity index (χ1n) is 7.92. The van der Waals surface area contributed by atoms with Gasteiger partial charge >= 0.3 is 0 Å². The molecule has 27 heavy (non-hydrogen) atoms. The smallest absolute Gasteiger partial charge is 0.260 e. The van der Waals surface area contributed by atoms with Crippen LogP contribution in [0.2, 0.25) is 0 Å². The van der Waals surface area contributed by atoms with Crippen LogP contribution in [0.3, 0.4) is 0 Å². The van der Waals surface area contributed by atoms with Gasteiger partial charge in [-0.2, -0.15) is 0 Å². The number of halogens is 1. The van der Waals surface area contributed by atoms with Crippen LogP contribution >= 0.6 is 11.3 Å². The van der Waals surface area contributed by atoms with Gasteiger partial charge in [0.05, 0.1) is 6.20 Å². The Bertz CT molecular complexity index is 1030. The number of aromatic amines is 1. The molecule has 3 aromatic rings. The zero-order chi connectivity index (χ0) is 19.6. The van der Waals surface area contributed by atoms with Crippen molar-refractivity contribution in [3.8, 4) is 0 Å². The lowest BCUT2D eigenvalue weighted by atomic mass is 10.0. The molecule has 8 nitrogen and oxygen atoms in total. The maximum atomic E-state index is 13.3. The summed E-state index contributed by atoms with van der Waals surface area (Å²) in [6, 6.07) is 3.41. The lowest BCUT2D eigenvalue weighted by molar-refractivity contribution is -0.125. The van der Waals surface area contributed by atoms with E-state index in [0.717, 1.165) is 22.3 Å². The molecule has 0 spiro atoms. The molecule has 0 saturated carbocycles. The number of fused-ring (bicyclic) bond motifs is 1. The quantitative estimate of drug-likeness (QED) is 0.509. The number of amides is 3. The summed E-state index contributed by atoms with van der Waals surface area (Å²) < 4.78 is 13.3. The standard InChI is InChI=1S/C17H16FN5O3S/c1-8(24)22-13(16(26)23-17-21-7-14(27-17)15(19)25)4-9-6-20-12-5-10(18)2-3-11(9)12/h2-3,5-7,13,20H,4H2,1H3,(H2,19,25)(H,22,24)(H,21,23,26). The summed E-state index contributed by atoms with van der Waals surface area (Å²) in [6.45, 7) is 1.31. The molecule has 3 rings (SSSR count). The number of carbonyl (C=O) groups excluding carboxylic acids is 3. The molecule has 0 aliphatic rings. The predicted octanol–water partition coefficient (Wildman–Crippen LogP) is 1.55. The molecule has 0 radical (unpaired) electrons. The second-order valence-corrected chi connectivity index (χ2v) is 6.87. The average Bonchev–Trinajstić information content (AvgIpc) is 3.21. The van der Waals surface area contributed by atoms with Crippen molar-refractivity contribution in [2.45, 2.75) is 19.4 Å². The number of rotatable bonds is 6. The summed E-state index contributed by atoms with van der Waals surface area (Å²) in [7, 11) is 0. The van der Waals surface area contributed by atoms with E-state index in [1.807, 2.05) is 0 Å². The fourth-order valence-corrected chi connectivity index (χ4v) is 3.31. The summed E-state index contributed by atoms with van der Waals surface area (Å²) >= 11 is 0.940. The van der Waals surface area contributed by atoms with Crippen molar-refractivity contribution < 1.29 is 18.8 Å². The van der Waals surface area contributed by atoms with Gasteiger partial charge in [0.2, 0.25) is 11.8 Å². The predicted molar refractivity (Wildman–Crippen MR) is 98.8 cm³/mol. The van der Waals surface area contributed by atoms with Crippen LogP contribution in [-0.4, -0.2) is 33.7 Å². The Kier molecular flexibility index (Phi) is 5.17. The highest BCUT2D eigenvalue weighted by atomic mass is 32.1. The summed E-state index contributed by atoms with van der Waals surface area (Å²) in [4.78, 5) is 42.3. The fraction of sp³-hybridized carbons (Fsp3) is 0.176. The summed E-state index contributed by atoms with van der Waals surface area (Å²) in [5.74, 6) is -1.89. The van der Waals surface area contributed by atoms with Gasteiger partial charge in [0, 0.05) is 30.4 Å². The summed E-state index contributed by atoms with van der Waals surface area (Å²) in [5, 5.41) is 6.11. The van der Waals surface area contributed by atoms with E-state index in [9.17, 15) is 18.8 Å². The number of benzene rings is 1. The first-order valence-corrected chi connectivity index (χ1v) is 8.74.